The molecule has 0 aliphatic rings. The van der Waals surface area contributed by atoms with Gasteiger partial charge >= 0.3 is 0 Å². The molecule has 0 spiro atoms. The standard InChI is InChI=1S/C19H19BrClF2IN2O3/c1-9(2)5-11(27)8-29-26-19(28)12-7-13(20)16(22)17(23)18(12)25-15-4-3-10(24)6-14(15)21/h3-4,6-7,9,11,25,27H,5,8H2,1-2H3,(H,26,28). The maximum Gasteiger partial charge on any atom is 0.277 e. The number of nitrogens with one attached hydrogen (secondary N) is 2. The number of aliphatic hydroxyl groups excluding tert-OH is 1. The number of benzene rings is 2. The van der Waals surface area contributed by atoms with Crippen LogP contribution in [0.2, 0.25) is 5.02 Å². The van der Waals surface area contributed by atoms with Gasteiger partial charge in [0.1, 0.15) is 6.61 Å². The quantitative estimate of drug-likeness (QED) is 0.203. The first-order chi connectivity index (χ1) is 13.6. The van der Waals surface area contributed by atoms with Crippen molar-refractivity contribution in [2.75, 3.05) is 11.9 Å². The Kier molecular flexibility index (Phi) is 9.08. The lowest BCUT2D eigenvalue weighted by atomic mass is 10.1. The molecule has 10 heteroatoms. The molecular formula is C19H19BrClF2IN2O3. The van der Waals surface area contributed by atoms with Gasteiger partial charge < -0.3 is 10.4 Å². The van der Waals surface area contributed by atoms with Gasteiger partial charge in [0.15, 0.2) is 11.6 Å². The number of carbonyl (C=O) groups is 1. The molecule has 5 nitrogen and oxygen atoms in total. The fraction of sp³-hybridized carbons (Fsp3) is 0.316. The molecule has 1 unspecified atom stereocenters. The molecule has 2 rings (SSSR count). The SMILES string of the molecule is CC(C)CC(O)CONC(=O)c1cc(Br)c(F)c(F)c1Nc1ccc(I)cc1Cl. The Labute approximate surface area is 194 Å². The summed E-state index contributed by atoms with van der Waals surface area (Å²) >= 11 is 11.1. The largest absolute Gasteiger partial charge is 0.391 e. The van der Waals surface area contributed by atoms with E-state index in [2.05, 4.69) is 49.3 Å². The van der Waals surface area contributed by atoms with Gasteiger partial charge in [0.2, 0.25) is 0 Å². The van der Waals surface area contributed by atoms with Gasteiger partial charge in [0.05, 0.1) is 32.5 Å². The van der Waals surface area contributed by atoms with Crippen LogP contribution in [-0.2, 0) is 4.84 Å². The van der Waals surface area contributed by atoms with Gasteiger partial charge in [-0.1, -0.05) is 25.4 Å². The Balaban J connectivity index is 2.25. The van der Waals surface area contributed by atoms with Gasteiger partial charge in [0.25, 0.3) is 5.91 Å². The van der Waals surface area contributed by atoms with Crippen molar-refractivity contribution in [3.05, 3.63) is 54.5 Å². The molecule has 0 saturated heterocycles. The fourth-order valence-corrected chi connectivity index (χ4v) is 3.80. The Morgan fingerprint density at radius 1 is 1.31 bits per heavy atom. The lowest BCUT2D eigenvalue weighted by Crippen LogP contribution is -2.29. The zero-order valence-electron chi connectivity index (χ0n) is 15.5. The Bertz CT molecular complexity index is 902. The third-order valence-corrected chi connectivity index (χ3v) is 5.34. The molecule has 0 aromatic heterocycles. The van der Waals surface area contributed by atoms with Crippen LogP contribution >= 0.6 is 50.1 Å². The van der Waals surface area contributed by atoms with E-state index in [-0.39, 0.29) is 27.6 Å². The highest BCUT2D eigenvalue weighted by Crippen LogP contribution is 2.34. The van der Waals surface area contributed by atoms with Gasteiger partial charge in [-0.3, -0.25) is 9.63 Å². The maximum absolute atomic E-state index is 14.6. The smallest absolute Gasteiger partial charge is 0.277 e. The topological polar surface area (TPSA) is 70.6 Å². The molecular weight excluding hydrogens is 584 g/mol. The van der Waals surface area contributed by atoms with Gasteiger partial charge in [-0.15, -0.1) is 0 Å². The molecule has 0 bridgehead atoms. The van der Waals surface area contributed by atoms with E-state index >= 15 is 0 Å². The number of carbonyl (C=O) groups excluding carboxylic acids is 1. The van der Waals surface area contributed by atoms with E-state index < -0.39 is 29.3 Å². The molecule has 0 aliphatic heterocycles. The number of anilines is 2. The summed E-state index contributed by atoms with van der Waals surface area (Å²) < 4.78 is 29.3. The molecule has 158 valence electrons. The van der Waals surface area contributed by atoms with E-state index in [4.69, 9.17) is 16.4 Å². The summed E-state index contributed by atoms with van der Waals surface area (Å²) in [4.78, 5) is 17.5. The molecule has 0 fully saturated rings. The lowest BCUT2D eigenvalue weighted by molar-refractivity contribution is -0.0181. The van der Waals surface area contributed by atoms with Gasteiger partial charge in [0, 0.05) is 3.57 Å². The fourth-order valence-electron chi connectivity index (χ4n) is 2.49. The van der Waals surface area contributed by atoms with Gasteiger partial charge in [-0.2, -0.15) is 0 Å². The van der Waals surface area contributed by atoms with Gasteiger partial charge in [-0.25, -0.2) is 14.3 Å². The number of hydroxylamine groups is 1. The average molecular weight is 604 g/mol. The van der Waals surface area contributed by atoms with Crippen LogP contribution in [0, 0.1) is 21.1 Å². The number of halogens is 5. The third kappa shape index (κ3) is 6.74. The zero-order chi connectivity index (χ0) is 21.7. The molecule has 1 amide bonds. The van der Waals surface area contributed by atoms with Crippen LogP contribution in [0.5, 0.6) is 0 Å². The van der Waals surface area contributed by atoms with Crippen LogP contribution in [0.1, 0.15) is 30.6 Å². The number of amides is 1. The molecule has 0 saturated carbocycles. The summed E-state index contributed by atoms with van der Waals surface area (Å²) in [5.74, 6) is -2.97. The Morgan fingerprint density at radius 2 is 2.00 bits per heavy atom. The van der Waals surface area contributed by atoms with Crippen molar-refractivity contribution >= 4 is 67.4 Å². The molecule has 1 atom stereocenters. The van der Waals surface area contributed by atoms with Crippen molar-refractivity contribution in [3.8, 4) is 0 Å². The summed E-state index contributed by atoms with van der Waals surface area (Å²) in [5.41, 5.74) is 1.85. The van der Waals surface area contributed by atoms with Gasteiger partial charge in [-0.05, 0) is 75.1 Å². The molecule has 2 aromatic rings. The summed E-state index contributed by atoms with van der Waals surface area (Å²) in [6.45, 7) is 3.74. The van der Waals surface area contributed by atoms with Crippen LogP contribution in [0.4, 0.5) is 20.2 Å². The van der Waals surface area contributed by atoms with Crippen molar-refractivity contribution in [1.29, 1.82) is 0 Å². The predicted molar refractivity (Wildman–Crippen MR) is 120 cm³/mol. The molecule has 0 radical (unpaired) electrons. The van der Waals surface area contributed by atoms with Crippen LogP contribution in [-0.4, -0.2) is 23.7 Å². The van der Waals surface area contributed by atoms with Crippen molar-refractivity contribution in [3.63, 3.8) is 0 Å². The maximum atomic E-state index is 14.6. The minimum absolute atomic E-state index is 0.138. The molecule has 0 aliphatic carbocycles. The Hall–Kier alpha value is -1.01. The second kappa shape index (κ2) is 10.9. The predicted octanol–water partition coefficient (Wildman–Crippen LogP) is 5.80. The first-order valence-corrected chi connectivity index (χ1v) is 10.8. The molecule has 3 N–H and O–H groups in total. The van der Waals surface area contributed by atoms with Crippen molar-refractivity contribution in [2.45, 2.75) is 26.4 Å². The summed E-state index contributed by atoms with van der Waals surface area (Å²) in [5, 5.41) is 12.8. The monoisotopic (exact) mass is 602 g/mol. The minimum Gasteiger partial charge on any atom is -0.391 e. The number of aliphatic hydroxyl groups is 1. The summed E-state index contributed by atoms with van der Waals surface area (Å²) in [6.07, 6.45) is -0.278. The summed E-state index contributed by atoms with van der Waals surface area (Å²) in [7, 11) is 0. The molecule has 0 heterocycles. The molecule has 2 aromatic carbocycles. The summed E-state index contributed by atoms with van der Waals surface area (Å²) in [6, 6.07) is 6.08. The van der Waals surface area contributed by atoms with Crippen molar-refractivity contribution < 1.29 is 23.5 Å². The van der Waals surface area contributed by atoms with Crippen molar-refractivity contribution in [2.24, 2.45) is 5.92 Å². The zero-order valence-corrected chi connectivity index (χ0v) is 20.0. The number of hydrogen-bond acceptors (Lipinski definition) is 4. The van der Waals surface area contributed by atoms with Crippen LogP contribution in [0.15, 0.2) is 28.7 Å². The minimum atomic E-state index is -1.25. The lowest BCUT2D eigenvalue weighted by Gasteiger charge is -2.17. The third-order valence-electron chi connectivity index (χ3n) is 3.78. The first kappa shape index (κ1) is 24.3. The highest BCUT2D eigenvalue weighted by molar-refractivity contribution is 14.1. The van der Waals surface area contributed by atoms with Crippen LogP contribution < -0.4 is 10.8 Å². The Morgan fingerprint density at radius 3 is 2.62 bits per heavy atom. The second-order valence-corrected chi connectivity index (χ2v) is 9.19. The second-order valence-electron chi connectivity index (χ2n) is 6.68. The number of rotatable bonds is 8. The highest BCUT2D eigenvalue weighted by atomic mass is 127. The van der Waals surface area contributed by atoms with E-state index in [9.17, 15) is 18.7 Å². The van der Waals surface area contributed by atoms with Crippen LogP contribution in [0.25, 0.3) is 0 Å². The highest BCUT2D eigenvalue weighted by Gasteiger charge is 2.23. The average Bonchev–Trinajstić information content (AvgIpc) is 2.63. The normalized spacial score (nSPS) is 12.2. The number of hydrogen-bond donors (Lipinski definition) is 3. The van der Waals surface area contributed by atoms with E-state index in [0.29, 0.717) is 12.1 Å². The van der Waals surface area contributed by atoms with Crippen molar-refractivity contribution in [1.82, 2.24) is 5.48 Å². The van der Waals surface area contributed by atoms with E-state index in [1.54, 1.807) is 18.2 Å². The van der Waals surface area contributed by atoms with E-state index in [0.717, 1.165) is 9.64 Å². The first-order valence-electron chi connectivity index (χ1n) is 8.59. The van der Waals surface area contributed by atoms with Crippen LogP contribution in [0.3, 0.4) is 0 Å². The molecule has 29 heavy (non-hydrogen) atoms. The van der Waals surface area contributed by atoms with E-state index in [1.807, 2.05) is 13.8 Å². The van der Waals surface area contributed by atoms with E-state index in [1.165, 1.54) is 0 Å².